The number of hydrogen-bond acceptors (Lipinski definition) is 3. The Hall–Kier alpha value is -0.510. The lowest BCUT2D eigenvalue weighted by Gasteiger charge is -1.99. The van der Waals surface area contributed by atoms with E-state index in [4.69, 9.17) is 0 Å². The highest BCUT2D eigenvalue weighted by atomic mass is 32.2. The summed E-state index contributed by atoms with van der Waals surface area (Å²) in [6.45, 7) is 2.08. The van der Waals surface area contributed by atoms with Crippen molar-refractivity contribution in [1.82, 2.24) is 5.32 Å². The van der Waals surface area contributed by atoms with E-state index < -0.39 is 0 Å². The highest BCUT2D eigenvalue weighted by Crippen LogP contribution is 2.33. The quantitative estimate of drug-likeness (QED) is 0.662. The van der Waals surface area contributed by atoms with E-state index in [0.717, 1.165) is 12.8 Å². The van der Waals surface area contributed by atoms with Crippen LogP contribution < -0.4 is 5.32 Å². The molecule has 12 heavy (non-hydrogen) atoms. The molecule has 1 N–H and O–H groups in total. The lowest BCUT2D eigenvalue weighted by molar-refractivity contribution is -0.119. The van der Waals surface area contributed by atoms with Crippen molar-refractivity contribution >= 4 is 22.8 Å². The molecule has 0 aromatic rings. The fourth-order valence-electron chi connectivity index (χ4n) is 0.816. The second-order valence-corrected chi connectivity index (χ2v) is 4.02. The number of rotatable bonds is 4. The van der Waals surface area contributed by atoms with Gasteiger partial charge in [0.2, 0.25) is 5.91 Å². The van der Waals surface area contributed by atoms with Gasteiger partial charge in [-0.3, -0.25) is 9.59 Å². The van der Waals surface area contributed by atoms with Crippen LogP contribution in [0.5, 0.6) is 0 Å². The van der Waals surface area contributed by atoms with E-state index in [9.17, 15) is 9.59 Å². The molecule has 1 aliphatic carbocycles. The first-order valence-corrected chi connectivity index (χ1v) is 5.10. The Morgan fingerprint density at radius 2 is 2.17 bits per heavy atom. The molecule has 0 aliphatic heterocycles. The first-order valence-electron chi connectivity index (χ1n) is 4.11. The van der Waals surface area contributed by atoms with E-state index in [0.29, 0.717) is 23.3 Å². The molecule has 0 aromatic heterocycles. The van der Waals surface area contributed by atoms with Gasteiger partial charge in [-0.25, -0.2) is 0 Å². The minimum absolute atomic E-state index is 0.0329. The average Bonchev–Trinajstić information content (AvgIpc) is 2.79. The number of amides is 1. The predicted molar refractivity (Wildman–Crippen MR) is 48.9 cm³/mol. The van der Waals surface area contributed by atoms with Crippen molar-refractivity contribution in [1.29, 1.82) is 0 Å². The predicted octanol–water partition coefficient (Wildman–Crippen LogP) is 0.792. The molecule has 0 heterocycles. The van der Waals surface area contributed by atoms with Crippen molar-refractivity contribution in [3.8, 4) is 0 Å². The summed E-state index contributed by atoms with van der Waals surface area (Å²) in [5.41, 5.74) is 0. The van der Waals surface area contributed by atoms with E-state index in [2.05, 4.69) is 5.32 Å². The first-order chi connectivity index (χ1) is 5.70. The third-order valence-electron chi connectivity index (χ3n) is 1.63. The SMILES string of the molecule is CC(=O)NCCSC(=O)C1CC1. The maximum atomic E-state index is 11.1. The third-order valence-corrected chi connectivity index (χ3v) is 2.66. The van der Waals surface area contributed by atoms with Crippen molar-refractivity contribution in [3.63, 3.8) is 0 Å². The molecule has 0 bridgehead atoms. The van der Waals surface area contributed by atoms with Crippen LogP contribution in [0.25, 0.3) is 0 Å². The summed E-state index contributed by atoms with van der Waals surface area (Å²) in [7, 11) is 0. The Kier molecular flexibility index (Phi) is 3.59. The Balaban J connectivity index is 1.94. The minimum atomic E-state index is -0.0329. The van der Waals surface area contributed by atoms with Crippen LogP contribution >= 0.6 is 11.8 Å². The van der Waals surface area contributed by atoms with E-state index in [1.54, 1.807) is 0 Å². The summed E-state index contributed by atoms with van der Waals surface area (Å²) in [6, 6.07) is 0. The minimum Gasteiger partial charge on any atom is -0.356 e. The fraction of sp³-hybridized carbons (Fsp3) is 0.750. The average molecular weight is 187 g/mol. The molecular formula is C8H13NO2S. The van der Waals surface area contributed by atoms with E-state index >= 15 is 0 Å². The number of thioether (sulfide) groups is 1. The summed E-state index contributed by atoms with van der Waals surface area (Å²) >= 11 is 1.34. The molecule has 0 radical (unpaired) electrons. The van der Waals surface area contributed by atoms with Crippen LogP contribution in [0.15, 0.2) is 0 Å². The van der Waals surface area contributed by atoms with Crippen LogP contribution in [0.2, 0.25) is 0 Å². The Morgan fingerprint density at radius 3 is 2.67 bits per heavy atom. The standard InChI is InChI=1S/C8H13NO2S/c1-6(10)9-4-5-12-8(11)7-2-3-7/h7H,2-5H2,1H3,(H,9,10). The van der Waals surface area contributed by atoms with Gasteiger partial charge in [0.15, 0.2) is 5.12 Å². The van der Waals surface area contributed by atoms with Gasteiger partial charge in [-0.2, -0.15) is 0 Å². The highest BCUT2D eigenvalue weighted by Gasteiger charge is 2.29. The summed E-state index contributed by atoms with van der Waals surface area (Å²) in [5.74, 6) is 0.997. The van der Waals surface area contributed by atoms with Gasteiger partial charge < -0.3 is 5.32 Å². The number of carbonyl (C=O) groups excluding carboxylic acids is 2. The van der Waals surface area contributed by atoms with Gasteiger partial charge in [-0.1, -0.05) is 11.8 Å². The maximum Gasteiger partial charge on any atom is 0.216 e. The zero-order valence-corrected chi connectivity index (χ0v) is 7.95. The lowest BCUT2D eigenvalue weighted by atomic mass is 10.5. The molecule has 1 aliphatic rings. The third kappa shape index (κ3) is 3.76. The maximum absolute atomic E-state index is 11.1. The Labute approximate surface area is 76.3 Å². The van der Waals surface area contributed by atoms with Crippen LogP contribution in [-0.2, 0) is 9.59 Å². The van der Waals surface area contributed by atoms with Crippen LogP contribution in [0, 0.1) is 5.92 Å². The molecule has 1 saturated carbocycles. The van der Waals surface area contributed by atoms with Crippen LogP contribution in [-0.4, -0.2) is 23.3 Å². The smallest absolute Gasteiger partial charge is 0.216 e. The zero-order valence-electron chi connectivity index (χ0n) is 7.13. The van der Waals surface area contributed by atoms with Crippen molar-refractivity contribution in [2.45, 2.75) is 19.8 Å². The van der Waals surface area contributed by atoms with Gasteiger partial charge in [-0.15, -0.1) is 0 Å². The highest BCUT2D eigenvalue weighted by molar-refractivity contribution is 8.13. The molecule has 0 aromatic carbocycles. The van der Waals surface area contributed by atoms with Crippen molar-refractivity contribution in [2.24, 2.45) is 5.92 Å². The Bertz CT molecular complexity index is 189. The molecule has 0 unspecified atom stereocenters. The van der Waals surface area contributed by atoms with Gasteiger partial charge in [0.25, 0.3) is 0 Å². The molecule has 1 rings (SSSR count). The zero-order chi connectivity index (χ0) is 8.97. The topological polar surface area (TPSA) is 46.2 Å². The van der Waals surface area contributed by atoms with Crippen molar-refractivity contribution < 1.29 is 9.59 Å². The molecule has 68 valence electrons. The summed E-state index contributed by atoms with van der Waals surface area (Å²) in [4.78, 5) is 21.5. The van der Waals surface area contributed by atoms with Gasteiger partial charge >= 0.3 is 0 Å². The Morgan fingerprint density at radius 1 is 1.50 bits per heavy atom. The van der Waals surface area contributed by atoms with E-state index in [1.807, 2.05) is 0 Å². The molecule has 0 atom stereocenters. The fourth-order valence-corrected chi connectivity index (χ4v) is 1.69. The van der Waals surface area contributed by atoms with Gasteiger partial charge in [0.1, 0.15) is 0 Å². The number of carbonyl (C=O) groups is 2. The second kappa shape index (κ2) is 4.50. The molecule has 0 saturated heterocycles. The first kappa shape index (κ1) is 9.58. The van der Waals surface area contributed by atoms with Crippen LogP contribution in [0.3, 0.4) is 0 Å². The van der Waals surface area contributed by atoms with Crippen molar-refractivity contribution in [3.05, 3.63) is 0 Å². The van der Waals surface area contributed by atoms with Gasteiger partial charge in [0.05, 0.1) is 0 Å². The summed E-state index contributed by atoms with van der Waals surface area (Å²) < 4.78 is 0. The molecular weight excluding hydrogens is 174 g/mol. The van der Waals surface area contributed by atoms with Gasteiger partial charge in [-0.05, 0) is 12.8 Å². The molecule has 0 spiro atoms. The summed E-state index contributed by atoms with van der Waals surface area (Å²) in [6.07, 6.45) is 2.12. The van der Waals surface area contributed by atoms with E-state index in [1.165, 1.54) is 18.7 Å². The van der Waals surface area contributed by atoms with Crippen LogP contribution in [0.4, 0.5) is 0 Å². The molecule has 3 nitrogen and oxygen atoms in total. The number of nitrogens with one attached hydrogen (secondary N) is 1. The number of hydrogen-bond donors (Lipinski definition) is 1. The molecule has 4 heteroatoms. The lowest BCUT2D eigenvalue weighted by Crippen LogP contribution is -2.22. The van der Waals surface area contributed by atoms with Gasteiger partial charge in [0, 0.05) is 25.1 Å². The molecule has 1 amide bonds. The largest absolute Gasteiger partial charge is 0.356 e. The summed E-state index contributed by atoms with van der Waals surface area (Å²) in [5, 5.41) is 2.94. The van der Waals surface area contributed by atoms with Crippen molar-refractivity contribution in [2.75, 3.05) is 12.3 Å². The second-order valence-electron chi connectivity index (χ2n) is 2.92. The monoisotopic (exact) mass is 187 g/mol. The molecule has 1 fully saturated rings. The normalized spacial score (nSPS) is 15.8. The van der Waals surface area contributed by atoms with Crippen LogP contribution in [0.1, 0.15) is 19.8 Å². The van der Waals surface area contributed by atoms with E-state index in [-0.39, 0.29) is 5.91 Å².